The monoisotopic (exact) mass is 318 g/mol. The molecule has 3 saturated heterocycles. The zero-order valence-corrected chi connectivity index (χ0v) is 11.2. The number of hydrogen-bond donors (Lipinski definition) is 7. The van der Waals surface area contributed by atoms with E-state index < -0.39 is 60.3 Å². The fourth-order valence-electron chi connectivity index (χ4n) is 4.22. The van der Waals surface area contributed by atoms with E-state index in [-0.39, 0.29) is 5.96 Å². The molecule has 0 aromatic rings. The van der Waals surface area contributed by atoms with Crippen molar-refractivity contribution in [3.05, 3.63) is 0 Å². The normalized spacial score (nSPS) is 62.4. The maximum absolute atomic E-state index is 12.5. The number of ether oxygens (including phenoxy) is 2. The molecule has 4 bridgehead atoms. The Morgan fingerprint density at radius 3 is 2.55 bits per heavy atom. The van der Waals surface area contributed by atoms with Gasteiger partial charge in [0.15, 0.2) is 12.2 Å². The minimum absolute atomic E-state index is 0.278. The van der Waals surface area contributed by atoms with E-state index in [1.807, 2.05) is 0 Å². The van der Waals surface area contributed by atoms with Gasteiger partial charge >= 0.3 is 0 Å². The molecular weight excluding hydrogens is 302 g/mol. The molecule has 5 aliphatic rings. The molecule has 0 aromatic carbocycles. The van der Waals surface area contributed by atoms with E-state index in [4.69, 9.17) is 15.2 Å². The van der Waals surface area contributed by atoms with Crippen molar-refractivity contribution in [2.24, 2.45) is 16.6 Å². The molecule has 0 amide bonds. The highest BCUT2D eigenvalue weighted by Gasteiger charge is 2.80. The van der Waals surface area contributed by atoms with E-state index in [0.29, 0.717) is 0 Å². The first kappa shape index (κ1) is 14.5. The fourth-order valence-corrected chi connectivity index (χ4v) is 4.22. The van der Waals surface area contributed by atoms with Gasteiger partial charge in [-0.25, -0.2) is 4.99 Å². The Balaban J connectivity index is 1.95. The SMILES string of the molecule is NC1=NC(O)[C@H]2C3OC4([O-])OC(C(O)C2(N1)[C@@H]4O)[C@]3(O)CO. The lowest BCUT2D eigenvalue weighted by atomic mass is 9.55. The molecule has 1 spiro atoms. The molecule has 0 aromatic heterocycles. The predicted octanol–water partition coefficient (Wildman–Crippen LogP) is -6.15. The predicted molar refractivity (Wildman–Crippen MR) is 63.5 cm³/mol. The van der Waals surface area contributed by atoms with Crippen LogP contribution < -0.4 is 16.2 Å². The van der Waals surface area contributed by atoms with Crippen LogP contribution in [0.2, 0.25) is 0 Å². The zero-order valence-electron chi connectivity index (χ0n) is 11.2. The van der Waals surface area contributed by atoms with Crippen molar-refractivity contribution in [2.45, 2.75) is 47.8 Å². The molecule has 4 fully saturated rings. The van der Waals surface area contributed by atoms with Crippen molar-refractivity contribution in [3.8, 4) is 0 Å². The van der Waals surface area contributed by atoms with Gasteiger partial charge in [-0.1, -0.05) is 0 Å². The molecule has 11 heteroatoms. The first-order valence-corrected chi connectivity index (χ1v) is 6.75. The van der Waals surface area contributed by atoms with Crippen LogP contribution >= 0.6 is 0 Å². The summed E-state index contributed by atoms with van der Waals surface area (Å²) in [5.41, 5.74) is 1.61. The number of guanidine groups is 1. The maximum atomic E-state index is 12.5. The van der Waals surface area contributed by atoms with Gasteiger partial charge in [0.25, 0.3) is 0 Å². The molecule has 0 radical (unpaired) electrons. The molecule has 6 unspecified atom stereocenters. The van der Waals surface area contributed by atoms with Gasteiger partial charge in [-0.3, -0.25) is 0 Å². The summed E-state index contributed by atoms with van der Waals surface area (Å²) < 4.78 is 10.1. The first-order valence-electron chi connectivity index (χ1n) is 6.75. The number of hydrogen-bond acceptors (Lipinski definition) is 11. The smallest absolute Gasteiger partial charge is 0.191 e. The van der Waals surface area contributed by atoms with Crippen LogP contribution in [-0.4, -0.2) is 85.9 Å². The molecule has 4 heterocycles. The van der Waals surface area contributed by atoms with Crippen LogP contribution in [-0.2, 0) is 9.47 Å². The summed E-state index contributed by atoms with van der Waals surface area (Å²) in [5, 5.41) is 66.3. The van der Waals surface area contributed by atoms with Crippen LogP contribution in [0.5, 0.6) is 0 Å². The van der Waals surface area contributed by atoms with Gasteiger partial charge in [-0.05, 0) is 0 Å². The molecule has 9 atom stereocenters. The fraction of sp³-hybridized carbons (Fsp3) is 0.909. The lowest BCUT2D eigenvalue weighted by Gasteiger charge is -2.75. The number of nitrogens with one attached hydrogen (secondary N) is 1. The Hall–Kier alpha value is -1.05. The molecule has 11 nitrogen and oxygen atoms in total. The Morgan fingerprint density at radius 1 is 1.27 bits per heavy atom. The Bertz CT molecular complexity index is 561. The maximum Gasteiger partial charge on any atom is 0.191 e. The Labute approximate surface area is 123 Å². The van der Waals surface area contributed by atoms with Crippen LogP contribution in [0.4, 0.5) is 0 Å². The summed E-state index contributed by atoms with van der Waals surface area (Å²) in [4.78, 5) is 3.68. The van der Waals surface area contributed by atoms with E-state index in [1.165, 1.54) is 0 Å². The quantitative estimate of drug-likeness (QED) is 0.244. The zero-order chi connectivity index (χ0) is 16.1. The Morgan fingerprint density at radius 2 is 1.91 bits per heavy atom. The second kappa shape index (κ2) is 3.88. The van der Waals surface area contributed by atoms with Crippen molar-refractivity contribution in [1.29, 1.82) is 0 Å². The molecule has 1 aliphatic carbocycles. The van der Waals surface area contributed by atoms with E-state index >= 15 is 0 Å². The molecular formula is C11H16N3O8-. The van der Waals surface area contributed by atoms with Crippen molar-refractivity contribution in [1.82, 2.24) is 5.32 Å². The van der Waals surface area contributed by atoms with E-state index in [2.05, 4.69) is 10.3 Å². The number of aliphatic hydroxyl groups is 5. The van der Waals surface area contributed by atoms with Crippen LogP contribution in [0.3, 0.4) is 0 Å². The average molecular weight is 318 g/mol. The second-order valence-electron chi connectivity index (χ2n) is 6.19. The number of nitrogens with two attached hydrogens (primary N) is 1. The van der Waals surface area contributed by atoms with Gasteiger partial charge in [0.05, 0.1) is 12.5 Å². The minimum Gasteiger partial charge on any atom is -0.805 e. The summed E-state index contributed by atoms with van der Waals surface area (Å²) >= 11 is 0. The minimum atomic E-state index is -2.77. The lowest BCUT2D eigenvalue weighted by Crippen LogP contribution is -2.97. The highest BCUT2D eigenvalue weighted by Crippen LogP contribution is 2.57. The van der Waals surface area contributed by atoms with Gasteiger partial charge in [0.1, 0.15) is 41.5 Å². The molecule has 124 valence electrons. The van der Waals surface area contributed by atoms with Gasteiger partial charge in [-0.15, -0.1) is 0 Å². The van der Waals surface area contributed by atoms with Crippen LogP contribution in [0.25, 0.3) is 0 Å². The summed E-state index contributed by atoms with van der Waals surface area (Å²) in [6.45, 7) is -0.885. The van der Waals surface area contributed by atoms with Crippen molar-refractivity contribution < 1.29 is 40.1 Å². The van der Waals surface area contributed by atoms with Crippen molar-refractivity contribution in [3.63, 3.8) is 0 Å². The third-order valence-electron chi connectivity index (χ3n) is 5.20. The molecule has 22 heavy (non-hydrogen) atoms. The summed E-state index contributed by atoms with van der Waals surface area (Å²) in [6.07, 6.45) is -8.08. The highest BCUT2D eigenvalue weighted by atomic mass is 16.9. The number of rotatable bonds is 1. The van der Waals surface area contributed by atoms with Gasteiger partial charge in [0.2, 0.25) is 0 Å². The molecule has 1 saturated carbocycles. The van der Waals surface area contributed by atoms with Crippen molar-refractivity contribution in [2.75, 3.05) is 6.61 Å². The summed E-state index contributed by atoms with van der Waals surface area (Å²) in [6, 6.07) is 0. The van der Waals surface area contributed by atoms with E-state index in [0.717, 1.165) is 0 Å². The largest absolute Gasteiger partial charge is 0.805 e. The van der Waals surface area contributed by atoms with Gasteiger partial charge in [-0.2, -0.15) is 0 Å². The number of aliphatic hydroxyl groups excluding tert-OH is 4. The highest BCUT2D eigenvalue weighted by molar-refractivity contribution is 5.80. The second-order valence-corrected chi connectivity index (χ2v) is 6.19. The Kier molecular flexibility index (Phi) is 2.57. The third kappa shape index (κ3) is 1.28. The number of nitrogens with zero attached hydrogens (tertiary/aromatic N) is 1. The number of aliphatic imine (C=N–C) groups is 1. The summed E-state index contributed by atoms with van der Waals surface area (Å²) in [5.74, 6) is -4.26. The van der Waals surface area contributed by atoms with Crippen molar-refractivity contribution >= 4 is 5.96 Å². The summed E-state index contributed by atoms with van der Waals surface area (Å²) in [7, 11) is 0. The topological polar surface area (TPSA) is 193 Å². The lowest BCUT2D eigenvalue weighted by molar-refractivity contribution is -0.709. The standard InChI is InChI=1S/C11H16N3O8/c12-8-13-6(17)2-4-9(19,1-15)5-3(16)10(2,14-8)7(18)11(20,21-4)22-5/h2-7,15-19H,1H2,(H3,12,13,14)/q-1/t2-,3?,4?,5?,6?,7+,9+,10?,11?/m1/s1. The first-order chi connectivity index (χ1) is 10.2. The van der Waals surface area contributed by atoms with Crippen LogP contribution in [0.1, 0.15) is 0 Å². The average Bonchev–Trinajstić information content (AvgIpc) is 2.45. The molecule has 5 rings (SSSR count). The van der Waals surface area contributed by atoms with Crippen LogP contribution in [0, 0.1) is 5.92 Å². The van der Waals surface area contributed by atoms with E-state index in [9.17, 15) is 30.6 Å². The van der Waals surface area contributed by atoms with E-state index in [1.54, 1.807) is 0 Å². The molecule has 8 N–H and O–H groups in total. The van der Waals surface area contributed by atoms with Crippen LogP contribution in [0.15, 0.2) is 4.99 Å². The van der Waals surface area contributed by atoms with Gasteiger partial charge in [0, 0.05) is 0 Å². The third-order valence-corrected chi connectivity index (χ3v) is 5.20. The van der Waals surface area contributed by atoms with Gasteiger partial charge < -0.3 is 51.2 Å². The molecule has 4 aliphatic heterocycles.